The van der Waals surface area contributed by atoms with Crippen LogP contribution >= 0.6 is 11.3 Å². The molecule has 1 heterocycles. The largest absolute Gasteiger partial charge is 0.477 e. The van der Waals surface area contributed by atoms with E-state index in [0.717, 1.165) is 11.3 Å². The molecule has 1 aromatic heterocycles. The van der Waals surface area contributed by atoms with E-state index in [1.807, 2.05) is 13.8 Å². The Morgan fingerprint density at radius 1 is 1.77 bits per heavy atom. The molecular formula is C8H11NO3S. The molecule has 0 aromatic carbocycles. The van der Waals surface area contributed by atoms with Crippen molar-refractivity contribution in [1.29, 1.82) is 0 Å². The SMILES string of the molecule is CC(C)OCc1ncc(C(=O)O)s1. The molecule has 0 aliphatic rings. The molecule has 0 aliphatic heterocycles. The highest BCUT2D eigenvalue weighted by atomic mass is 32.1. The molecule has 0 unspecified atom stereocenters. The van der Waals surface area contributed by atoms with Gasteiger partial charge in [-0.2, -0.15) is 0 Å². The first-order valence-corrected chi connectivity index (χ1v) is 4.71. The van der Waals surface area contributed by atoms with Crippen LogP contribution in [0.25, 0.3) is 0 Å². The molecule has 0 saturated heterocycles. The third-order valence-electron chi connectivity index (χ3n) is 1.30. The van der Waals surface area contributed by atoms with Crippen molar-refractivity contribution < 1.29 is 14.6 Å². The maximum absolute atomic E-state index is 10.5. The fourth-order valence-electron chi connectivity index (χ4n) is 0.714. The van der Waals surface area contributed by atoms with Crippen LogP contribution < -0.4 is 0 Å². The zero-order valence-electron chi connectivity index (χ0n) is 7.48. The summed E-state index contributed by atoms with van der Waals surface area (Å²) in [5.41, 5.74) is 0. The molecule has 4 nitrogen and oxygen atoms in total. The number of carbonyl (C=O) groups is 1. The van der Waals surface area contributed by atoms with Gasteiger partial charge in [0.2, 0.25) is 0 Å². The fraction of sp³-hybridized carbons (Fsp3) is 0.500. The predicted octanol–water partition coefficient (Wildman–Crippen LogP) is 1.77. The highest BCUT2D eigenvalue weighted by Gasteiger charge is 2.08. The number of aromatic nitrogens is 1. The first-order chi connectivity index (χ1) is 6.09. The minimum Gasteiger partial charge on any atom is -0.477 e. The van der Waals surface area contributed by atoms with Gasteiger partial charge in [0.25, 0.3) is 0 Å². The molecule has 1 rings (SSSR count). The Morgan fingerprint density at radius 3 is 2.92 bits per heavy atom. The summed E-state index contributed by atoms with van der Waals surface area (Å²) in [6.45, 7) is 4.23. The number of rotatable bonds is 4. The Labute approximate surface area is 80.2 Å². The van der Waals surface area contributed by atoms with Crippen molar-refractivity contribution in [3.05, 3.63) is 16.1 Å². The Morgan fingerprint density at radius 2 is 2.46 bits per heavy atom. The van der Waals surface area contributed by atoms with Crippen LogP contribution in [0.15, 0.2) is 6.20 Å². The first kappa shape index (κ1) is 10.1. The normalized spacial score (nSPS) is 10.7. The van der Waals surface area contributed by atoms with Crippen LogP contribution in [0.1, 0.15) is 28.5 Å². The molecule has 0 bridgehead atoms. The van der Waals surface area contributed by atoms with E-state index in [0.29, 0.717) is 11.6 Å². The average molecular weight is 201 g/mol. The van der Waals surface area contributed by atoms with Gasteiger partial charge in [-0.05, 0) is 13.8 Å². The van der Waals surface area contributed by atoms with Gasteiger partial charge in [0, 0.05) is 0 Å². The third-order valence-corrected chi connectivity index (χ3v) is 2.26. The van der Waals surface area contributed by atoms with Crippen LogP contribution in [-0.2, 0) is 11.3 Å². The van der Waals surface area contributed by atoms with Crippen molar-refractivity contribution in [3.63, 3.8) is 0 Å². The maximum Gasteiger partial charge on any atom is 0.347 e. The van der Waals surface area contributed by atoms with Crippen molar-refractivity contribution in [2.24, 2.45) is 0 Å². The molecule has 0 radical (unpaired) electrons. The number of hydrogen-bond acceptors (Lipinski definition) is 4. The van der Waals surface area contributed by atoms with Gasteiger partial charge < -0.3 is 9.84 Å². The monoisotopic (exact) mass is 201 g/mol. The number of carboxylic acids is 1. The van der Waals surface area contributed by atoms with Gasteiger partial charge in [-0.3, -0.25) is 0 Å². The van der Waals surface area contributed by atoms with E-state index in [1.54, 1.807) is 0 Å². The van der Waals surface area contributed by atoms with E-state index in [1.165, 1.54) is 6.20 Å². The van der Waals surface area contributed by atoms with Crippen molar-refractivity contribution in [2.75, 3.05) is 0 Å². The van der Waals surface area contributed by atoms with E-state index in [2.05, 4.69) is 4.98 Å². The molecule has 0 fully saturated rings. The van der Waals surface area contributed by atoms with Crippen LogP contribution in [0.5, 0.6) is 0 Å². The molecule has 72 valence electrons. The maximum atomic E-state index is 10.5. The lowest BCUT2D eigenvalue weighted by atomic mass is 10.5. The molecule has 1 N–H and O–H groups in total. The molecule has 0 amide bonds. The van der Waals surface area contributed by atoms with Crippen LogP contribution in [-0.4, -0.2) is 22.2 Å². The van der Waals surface area contributed by atoms with E-state index < -0.39 is 5.97 Å². The summed E-state index contributed by atoms with van der Waals surface area (Å²) < 4.78 is 5.28. The Balaban J connectivity index is 2.54. The summed E-state index contributed by atoms with van der Waals surface area (Å²) in [5, 5.41) is 9.31. The van der Waals surface area contributed by atoms with Gasteiger partial charge in [-0.15, -0.1) is 11.3 Å². The summed E-state index contributed by atoms with van der Waals surface area (Å²) in [5.74, 6) is -0.937. The molecule has 0 aliphatic carbocycles. The number of aromatic carboxylic acids is 1. The van der Waals surface area contributed by atoms with E-state index in [9.17, 15) is 4.79 Å². The number of nitrogens with zero attached hydrogens (tertiary/aromatic N) is 1. The van der Waals surface area contributed by atoms with Crippen LogP contribution in [0.3, 0.4) is 0 Å². The molecule has 0 saturated carbocycles. The van der Waals surface area contributed by atoms with Gasteiger partial charge in [-0.1, -0.05) is 0 Å². The quantitative estimate of drug-likeness (QED) is 0.806. The summed E-state index contributed by atoms with van der Waals surface area (Å²) in [7, 11) is 0. The number of hydrogen-bond donors (Lipinski definition) is 1. The second kappa shape index (κ2) is 4.34. The lowest BCUT2D eigenvalue weighted by Crippen LogP contribution is -2.01. The summed E-state index contributed by atoms with van der Waals surface area (Å²) in [6, 6.07) is 0. The summed E-state index contributed by atoms with van der Waals surface area (Å²) in [6.07, 6.45) is 1.49. The smallest absolute Gasteiger partial charge is 0.347 e. The standard InChI is InChI=1S/C8H11NO3S/c1-5(2)12-4-7-9-3-6(13-7)8(10)11/h3,5H,4H2,1-2H3,(H,10,11). The van der Waals surface area contributed by atoms with E-state index in [4.69, 9.17) is 9.84 Å². The number of carboxylic acid groups (broad SMARTS) is 1. The fourth-order valence-corrected chi connectivity index (χ4v) is 1.39. The Hall–Kier alpha value is -0.940. The van der Waals surface area contributed by atoms with Crippen molar-refractivity contribution in [2.45, 2.75) is 26.6 Å². The summed E-state index contributed by atoms with van der Waals surface area (Å²) >= 11 is 1.15. The van der Waals surface area contributed by atoms with E-state index >= 15 is 0 Å². The van der Waals surface area contributed by atoms with Crippen molar-refractivity contribution >= 4 is 17.3 Å². The zero-order chi connectivity index (χ0) is 9.84. The van der Waals surface area contributed by atoms with Gasteiger partial charge in [0.1, 0.15) is 9.88 Å². The Kier molecular flexibility index (Phi) is 3.39. The average Bonchev–Trinajstić information content (AvgIpc) is 2.48. The highest BCUT2D eigenvalue weighted by molar-refractivity contribution is 7.13. The van der Waals surface area contributed by atoms with Gasteiger partial charge in [0.05, 0.1) is 18.9 Å². The minimum absolute atomic E-state index is 0.136. The number of ether oxygens (including phenoxy) is 1. The van der Waals surface area contributed by atoms with Gasteiger partial charge in [-0.25, -0.2) is 9.78 Å². The topological polar surface area (TPSA) is 59.4 Å². The predicted molar refractivity (Wildman–Crippen MR) is 49.0 cm³/mol. The van der Waals surface area contributed by atoms with Crippen LogP contribution in [0.4, 0.5) is 0 Å². The van der Waals surface area contributed by atoms with Crippen molar-refractivity contribution in [3.8, 4) is 0 Å². The van der Waals surface area contributed by atoms with Gasteiger partial charge in [0.15, 0.2) is 0 Å². The lowest BCUT2D eigenvalue weighted by molar-refractivity contribution is 0.0655. The molecule has 1 aromatic rings. The van der Waals surface area contributed by atoms with Crippen LogP contribution in [0, 0.1) is 0 Å². The zero-order valence-corrected chi connectivity index (χ0v) is 8.30. The molecule has 13 heavy (non-hydrogen) atoms. The minimum atomic E-state index is -0.937. The molecular weight excluding hydrogens is 190 g/mol. The molecule has 5 heteroatoms. The third kappa shape index (κ3) is 3.12. The first-order valence-electron chi connectivity index (χ1n) is 3.89. The number of thiazole rings is 1. The van der Waals surface area contributed by atoms with Crippen LogP contribution in [0.2, 0.25) is 0 Å². The van der Waals surface area contributed by atoms with E-state index in [-0.39, 0.29) is 11.0 Å². The van der Waals surface area contributed by atoms with Gasteiger partial charge >= 0.3 is 5.97 Å². The summed E-state index contributed by atoms with van der Waals surface area (Å²) in [4.78, 5) is 14.7. The second-order valence-corrected chi connectivity index (χ2v) is 3.90. The lowest BCUT2D eigenvalue weighted by Gasteiger charge is -2.03. The second-order valence-electron chi connectivity index (χ2n) is 2.78. The molecule has 0 spiro atoms. The Bertz CT molecular complexity index is 295. The van der Waals surface area contributed by atoms with Crippen molar-refractivity contribution in [1.82, 2.24) is 4.98 Å². The highest BCUT2D eigenvalue weighted by Crippen LogP contribution is 2.14. The molecule has 0 atom stereocenters.